The maximum absolute atomic E-state index is 13.1. The minimum atomic E-state index is 0.0183. The Labute approximate surface area is 162 Å². The Morgan fingerprint density at radius 3 is 2.52 bits per heavy atom. The van der Waals surface area contributed by atoms with Crippen LogP contribution in [0.4, 0.5) is 5.69 Å². The molecule has 3 aliphatic rings. The fraction of sp³-hybridized carbons (Fsp3) is 0.636. The number of likely N-dealkylation sites (tertiary alicyclic amines) is 2. The van der Waals surface area contributed by atoms with E-state index in [2.05, 4.69) is 30.9 Å². The molecule has 0 aromatic heterocycles. The van der Waals surface area contributed by atoms with Crippen molar-refractivity contribution in [2.75, 3.05) is 31.1 Å². The van der Waals surface area contributed by atoms with Crippen molar-refractivity contribution in [2.45, 2.75) is 58.0 Å². The van der Waals surface area contributed by atoms with E-state index in [-0.39, 0.29) is 29.8 Å². The molecule has 146 valence electrons. The highest BCUT2D eigenvalue weighted by atomic mass is 16.2. The lowest BCUT2D eigenvalue weighted by Crippen LogP contribution is -2.56. The van der Waals surface area contributed by atoms with Crippen LogP contribution in [0.25, 0.3) is 0 Å². The van der Waals surface area contributed by atoms with E-state index in [4.69, 9.17) is 0 Å². The van der Waals surface area contributed by atoms with Gasteiger partial charge in [-0.1, -0.05) is 18.2 Å². The molecule has 3 heterocycles. The third kappa shape index (κ3) is 3.49. The zero-order chi connectivity index (χ0) is 19.0. The van der Waals surface area contributed by atoms with Crippen LogP contribution in [0, 0.1) is 5.92 Å². The summed E-state index contributed by atoms with van der Waals surface area (Å²) >= 11 is 0. The predicted molar refractivity (Wildman–Crippen MR) is 107 cm³/mol. The normalized spacial score (nSPS) is 24.6. The van der Waals surface area contributed by atoms with Gasteiger partial charge >= 0.3 is 0 Å². The minimum absolute atomic E-state index is 0.0183. The molecule has 0 radical (unpaired) electrons. The first-order chi connectivity index (χ1) is 13.1. The molecule has 1 aromatic carbocycles. The molecule has 1 aromatic rings. The molecular weight excluding hydrogens is 338 g/mol. The van der Waals surface area contributed by atoms with Gasteiger partial charge in [0.1, 0.15) is 0 Å². The molecule has 3 aliphatic heterocycles. The van der Waals surface area contributed by atoms with Crippen molar-refractivity contribution in [3.63, 3.8) is 0 Å². The number of carbonyl (C=O) groups is 2. The molecule has 0 bridgehead atoms. The molecule has 0 N–H and O–H groups in total. The van der Waals surface area contributed by atoms with Gasteiger partial charge in [-0.25, -0.2) is 0 Å². The van der Waals surface area contributed by atoms with Crippen LogP contribution in [0.3, 0.4) is 0 Å². The lowest BCUT2D eigenvalue weighted by molar-refractivity contribution is -0.143. The number of carbonyl (C=O) groups excluding carboxylic acids is 2. The molecule has 1 unspecified atom stereocenters. The first kappa shape index (κ1) is 18.5. The summed E-state index contributed by atoms with van der Waals surface area (Å²) in [5.74, 6) is 0.653. The summed E-state index contributed by atoms with van der Waals surface area (Å²) in [6.07, 6.45) is 4.73. The monoisotopic (exact) mass is 369 g/mol. The van der Waals surface area contributed by atoms with Gasteiger partial charge in [-0.3, -0.25) is 14.5 Å². The largest absolute Gasteiger partial charge is 0.339 e. The van der Waals surface area contributed by atoms with Crippen molar-refractivity contribution in [2.24, 2.45) is 5.92 Å². The highest BCUT2D eigenvalue weighted by Crippen LogP contribution is 2.32. The fourth-order valence-electron chi connectivity index (χ4n) is 4.98. The zero-order valence-corrected chi connectivity index (χ0v) is 16.6. The lowest BCUT2D eigenvalue weighted by atomic mass is 9.92. The number of nitrogens with zero attached hydrogens (tertiary/aromatic N) is 3. The Balaban J connectivity index is 1.37. The van der Waals surface area contributed by atoms with Crippen LogP contribution in [0.5, 0.6) is 0 Å². The summed E-state index contributed by atoms with van der Waals surface area (Å²) in [5.41, 5.74) is 2.38. The Kier molecular flexibility index (Phi) is 5.22. The first-order valence-corrected chi connectivity index (χ1v) is 10.5. The summed E-state index contributed by atoms with van der Waals surface area (Å²) in [7, 11) is 0. The topological polar surface area (TPSA) is 43.9 Å². The molecule has 0 spiro atoms. The molecule has 0 saturated carbocycles. The first-order valence-electron chi connectivity index (χ1n) is 10.5. The van der Waals surface area contributed by atoms with E-state index < -0.39 is 0 Å². The summed E-state index contributed by atoms with van der Waals surface area (Å²) in [5, 5.41) is 0. The highest BCUT2D eigenvalue weighted by Gasteiger charge is 2.38. The third-order valence-corrected chi connectivity index (χ3v) is 6.54. The van der Waals surface area contributed by atoms with Gasteiger partial charge in [0.25, 0.3) is 0 Å². The molecule has 5 heteroatoms. The third-order valence-electron chi connectivity index (χ3n) is 6.54. The Bertz CT molecular complexity index is 709. The number of para-hydroxylation sites is 1. The van der Waals surface area contributed by atoms with E-state index in [9.17, 15) is 9.59 Å². The van der Waals surface area contributed by atoms with E-state index in [1.807, 2.05) is 21.9 Å². The lowest BCUT2D eigenvalue weighted by Gasteiger charge is -2.43. The highest BCUT2D eigenvalue weighted by molar-refractivity contribution is 5.97. The molecule has 0 aliphatic carbocycles. The predicted octanol–water partition coefficient (Wildman–Crippen LogP) is 2.69. The molecule has 5 nitrogen and oxygen atoms in total. The Hall–Kier alpha value is -1.88. The summed E-state index contributed by atoms with van der Waals surface area (Å²) < 4.78 is 0. The summed E-state index contributed by atoms with van der Waals surface area (Å²) in [6, 6.07) is 8.55. The Morgan fingerprint density at radius 2 is 1.78 bits per heavy atom. The summed E-state index contributed by atoms with van der Waals surface area (Å²) in [6.45, 7) is 7.60. The standard InChI is InChI=1S/C22H31N3O2/c1-16(2)24-12-5-8-20(22(24)27)23-13-9-18(10-14-23)21(26)25-15-11-17-6-3-4-7-19(17)25/h3-4,6-7,16,18,20H,5,8-15H2,1-2H3. The SMILES string of the molecule is CC(C)N1CCCC(N2CCC(C(=O)N3CCc4ccccc43)CC2)C1=O. The van der Waals surface area contributed by atoms with Crippen molar-refractivity contribution >= 4 is 17.5 Å². The maximum atomic E-state index is 13.1. The van der Waals surface area contributed by atoms with Crippen LogP contribution in [0.1, 0.15) is 45.1 Å². The maximum Gasteiger partial charge on any atom is 0.240 e. The van der Waals surface area contributed by atoms with E-state index >= 15 is 0 Å². The van der Waals surface area contributed by atoms with Crippen molar-refractivity contribution < 1.29 is 9.59 Å². The molecule has 2 fully saturated rings. The van der Waals surface area contributed by atoms with E-state index in [0.717, 1.165) is 64.0 Å². The molecule has 1 atom stereocenters. The smallest absolute Gasteiger partial charge is 0.240 e. The van der Waals surface area contributed by atoms with Crippen LogP contribution >= 0.6 is 0 Å². The van der Waals surface area contributed by atoms with Crippen LogP contribution in [0.2, 0.25) is 0 Å². The number of anilines is 1. The molecule has 2 saturated heterocycles. The second-order valence-electron chi connectivity index (χ2n) is 8.46. The van der Waals surface area contributed by atoms with Gasteiger partial charge in [-0.15, -0.1) is 0 Å². The number of benzene rings is 1. The van der Waals surface area contributed by atoms with E-state index in [0.29, 0.717) is 0 Å². The van der Waals surface area contributed by atoms with Crippen LogP contribution in [-0.4, -0.2) is 59.9 Å². The number of hydrogen-bond acceptors (Lipinski definition) is 3. The quantitative estimate of drug-likeness (QED) is 0.823. The van der Waals surface area contributed by atoms with E-state index in [1.165, 1.54) is 5.56 Å². The second-order valence-corrected chi connectivity index (χ2v) is 8.46. The number of rotatable bonds is 3. The molecule has 27 heavy (non-hydrogen) atoms. The van der Waals surface area contributed by atoms with Gasteiger partial charge in [0, 0.05) is 30.7 Å². The van der Waals surface area contributed by atoms with Gasteiger partial charge in [0.15, 0.2) is 0 Å². The van der Waals surface area contributed by atoms with Crippen molar-refractivity contribution in [3.8, 4) is 0 Å². The van der Waals surface area contributed by atoms with Crippen molar-refractivity contribution in [1.29, 1.82) is 0 Å². The van der Waals surface area contributed by atoms with Crippen molar-refractivity contribution in [1.82, 2.24) is 9.80 Å². The number of fused-ring (bicyclic) bond motifs is 1. The molecule has 4 rings (SSSR count). The minimum Gasteiger partial charge on any atom is -0.339 e. The van der Waals surface area contributed by atoms with Crippen LogP contribution in [0.15, 0.2) is 24.3 Å². The number of amides is 2. The van der Waals surface area contributed by atoms with Crippen LogP contribution in [-0.2, 0) is 16.0 Å². The number of hydrogen-bond donors (Lipinski definition) is 0. The van der Waals surface area contributed by atoms with Gasteiger partial charge in [0.2, 0.25) is 11.8 Å². The van der Waals surface area contributed by atoms with Gasteiger partial charge in [0.05, 0.1) is 6.04 Å². The van der Waals surface area contributed by atoms with Gasteiger partial charge < -0.3 is 9.80 Å². The summed E-state index contributed by atoms with van der Waals surface area (Å²) in [4.78, 5) is 32.3. The van der Waals surface area contributed by atoms with Crippen LogP contribution < -0.4 is 4.90 Å². The zero-order valence-electron chi connectivity index (χ0n) is 16.6. The average molecular weight is 370 g/mol. The molecule has 2 amide bonds. The number of piperidine rings is 2. The Morgan fingerprint density at radius 1 is 1.04 bits per heavy atom. The van der Waals surface area contributed by atoms with Gasteiger partial charge in [-0.05, 0) is 70.7 Å². The average Bonchev–Trinajstić information content (AvgIpc) is 3.12. The molecular formula is C22H31N3O2. The van der Waals surface area contributed by atoms with Crippen molar-refractivity contribution in [3.05, 3.63) is 29.8 Å². The second kappa shape index (κ2) is 7.63. The van der Waals surface area contributed by atoms with E-state index in [1.54, 1.807) is 0 Å². The fourth-order valence-corrected chi connectivity index (χ4v) is 4.98. The van der Waals surface area contributed by atoms with Gasteiger partial charge in [-0.2, -0.15) is 0 Å².